The van der Waals surface area contributed by atoms with Crippen molar-refractivity contribution >= 4 is 29.3 Å². The summed E-state index contributed by atoms with van der Waals surface area (Å²) < 4.78 is 31.7. The van der Waals surface area contributed by atoms with Crippen molar-refractivity contribution in [3.63, 3.8) is 0 Å². The normalized spacial score (nSPS) is 12.4. The number of halogens is 3. The van der Waals surface area contributed by atoms with Crippen molar-refractivity contribution < 1.29 is 27.9 Å². The van der Waals surface area contributed by atoms with Crippen molar-refractivity contribution in [1.29, 1.82) is 0 Å². The van der Waals surface area contributed by atoms with Gasteiger partial charge in [-0.2, -0.15) is 18.2 Å². The van der Waals surface area contributed by atoms with E-state index in [1.54, 1.807) is 0 Å². The fraction of sp³-hybridized carbons (Fsp3) is 0.333. The quantitative estimate of drug-likeness (QED) is 0.266. The number of alkyl halides is 3. The van der Waals surface area contributed by atoms with Crippen molar-refractivity contribution in [2.75, 3.05) is 16.0 Å². The number of hydrogen-bond acceptors (Lipinski definition) is 6. The summed E-state index contributed by atoms with van der Waals surface area (Å²) in [5.41, 5.74) is 2.68. The molecule has 3 aromatic rings. The number of nitrogens with zero attached hydrogens (tertiary/aromatic N) is 2. The van der Waals surface area contributed by atoms with Gasteiger partial charge in [-0.05, 0) is 38.0 Å². The van der Waals surface area contributed by atoms with E-state index in [1.165, 1.54) is 0 Å². The topological polar surface area (TPSA) is 116 Å². The number of carbonyl (C=O) groups is 2. The number of rotatable bonds is 10. The molecule has 0 fully saturated rings. The first kappa shape index (κ1) is 30.1. The second-order valence-electron chi connectivity index (χ2n) is 8.60. The molecular formula is C27H32F3N5O3. The zero-order valence-electron chi connectivity index (χ0n) is 21.4. The molecule has 2 atom stereocenters. The highest BCUT2D eigenvalue weighted by molar-refractivity contribution is 5.96. The number of nitrogens with one attached hydrogen (secondary N) is 3. The summed E-state index contributed by atoms with van der Waals surface area (Å²) in [5.74, 6) is -1.67. The van der Waals surface area contributed by atoms with Crippen LogP contribution in [0.5, 0.6) is 0 Å². The molecule has 0 saturated carbocycles. The van der Waals surface area contributed by atoms with Crippen molar-refractivity contribution in [3.05, 3.63) is 78.0 Å². The lowest BCUT2D eigenvalue weighted by Crippen LogP contribution is -2.37. The molecule has 0 bridgehead atoms. The maximum Gasteiger partial charge on any atom is 0.490 e. The molecule has 1 aromatic heterocycles. The number of carboxylic acids is 1. The number of benzene rings is 2. The van der Waals surface area contributed by atoms with E-state index in [0.29, 0.717) is 18.2 Å². The number of aliphatic carboxylic acids is 1. The molecule has 3 rings (SSSR count). The van der Waals surface area contributed by atoms with Crippen LogP contribution in [-0.2, 0) is 16.0 Å². The number of carboxylic acid groups (broad SMARTS) is 1. The van der Waals surface area contributed by atoms with E-state index in [0.717, 1.165) is 29.8 Å². The minimum absolute atomic E-state index is 0.111. The lowest BCUT2D eigenvalue weighted by molar-refractivity contribution is -0.192. The van der Waals surface area contributed by atoms with Crippen LogP contribution in [0.3, 0.4) is 0 Å². The Balaban J connectivity index is 0.000000638. The van der Waals surface area contributed by atoms with E-state index in [4.69, 9.17) is 9.90 Å². The lowest BCUT2D eigenvalue weighted by atomic mass is 10.0. The number of amides is 1. The van der Waals surface area contributed by atoms with Crippen LogP contribution in [0.25, 0.3) is 0 Å². The van der Waals surface area contributed by atoms with Gasteiger partial charge in [0.2, 0.25) is 11.9 Å². The van der Waals surface area contributed by atoms with Gasteiger partial charge in [-0.3, -0.25) is 4.79 Å². The number of carbonyl (C=O) groups excluding carboxylic acids is 1. The molecule has 0 radical (unpaired) electrons. The highest BCUT2D eigenvalue weighted by Gasteiger charge is 2.38. The summed E-state index contributed by atoms with van der Waals surface area (Å²) in [7, 11) is 0. The first-order valence-electron chi connectivity index (χ1n) is 12.1. The van der Waals surface area contributed by atoms with Crippen LogP contribution in [0.2, 0.25) is 0 Å². The predicted molar refractivity (Wildman–Crippen MR) is 141 cm³/mol. The van der Waals surface area contributed by atoms with Gasteiger partial charge in [0.1, 0.15) is 11.9 Å². The fourth-order valence-corrected chi connectivity index (χ4v) is 3.42. The van der Waals surface area contributed by atoms with Gasteiger partial charge in [0.05, 0.1) is 0 Å². The third-order valence-electron chi connectivity index (χ3n) is 5.16. The summed E-state index contributed by atoms with van der Waals surface area (Å²) in [6.07, 6.45) is -2.42. The molecule has 1 heterocycles. The smallest absolute Gasteiger partial charge is 0.475 e. The van der Waals surface area contributed by atoms with Crippen molar-refractivity contribution in [3.8, 4) is 0 Å². The van der Waals surface area contributed by atoms with Crippen LogP contribution in [-0.4, -0.2) is 45.2 Å². The standard InChI is InChI=1S/C25H31N5O.C2HF3O2/c1-4-11-18(2)26-25-27-19(3)16-23(30-25)29-22(17-20-12-7-5-8-13-20)24(31)28-21-14-9-6-10-15-21;3-2(4,5)1(6)7/h5-10,12-16,18,22H,4,11,17H2,1-3H3,(H,28,31)(H2,26,27,29,30);(H,6,7)/t18?,22-;/m0./s1. The van der Waals surface area contributed by atoms with Gasteiger partial charge in [0.15, 0.2) is 0 Å². The van der Waals surface area contributed by atoms with E-state index < -0.39 is 18.2 Å². The first-order chi connectivity index (χ1) is 18.0. The first-order valence-corrected chi connectivity index (χ1v) is 12.1. The molecule has 1 unspecified atom stereocenters. The Morgan fingerprint density at radius 1 is 0.974 bits per heavy atom. The highest BCUT2D eigenvalue weighted by Crippen LogP contribution is 2.16. The van der Waals surface area contributed by atoms with E-state index in [2.05, 4.69) is 39.8 Å². The van der Waals surface area contributed by atoms with Crippen LogP contribution >= 0.6 is 0 Å². The van der Waals surface area contributed by atoms with Gasteiger partial charge in [0.25, 0.3) is 0 Å². The summed E-state index contributed by atoms with van der Waals surface area (Å²) in [6.45, 7) is 6.20. The molecule has 0 aliphatic heterocycles. The van der Waals surface area contributed by atoms with Crippen molar-refractivity contribution in [2.45, 2.75) is 58.3 Å². The lowest BCUT2D eigenvalue weighted by Gasteiger charge is -2.20. The fourth-order valence-electron chi connectivity index (χ4n) is 3.42. The SMILES string of the molecule is CCCC(C)Nc1nc(C)cc(N[C@@H](Cc2ccccc2)C(=O)Nc2ccccc2)n1.O=C(O)C(F)(F)F. The third kappa shape index (κ3) is 10.9. The minimum Gasteiger partial charge on any atom is -0.475 e. The van der Waals surface area contributed by atoms with E-state index in [9.17, 15) is 18.0 Å². The molecular weight excluding hydrogens is 499 g/mol. The molecule has 0 aliphatic carbocycles. The van der Waals surface area contributed by atoms with Crippen LogP contribution < -0.4 is 16.0 Å². The van der Waals surface area contributed by atoms with Crippen LogP contribution in [0, 0.1) is 6.92 Å². The van der Waals surface area contributed by atoms with E-state index in [-0.39, 0.29) is 11.9 Å². The van der Waals surface area contributed by atoms with Gasteiger partial charge in [0, 0.05) is 29.9 Å². The van der Waals surface area contributed by atoms with Crippen LogP contribution in [0.4, 0.5) is 30.6 Å². The van der Waals surface area contributed by atoms with E-state index >= 15 is 0 Å². The Labute approximate surface area is 219 Å². The Morgan fingerprint density at radius 3 is 2.11 bits per heavy atom. The largest absolute Gasteiger partial charge is 0.490 e. The summed E-state index contributed by atoms with van der Waals surface area (Å²) in [6, 6.07) is 21.1. The van der Waals surface area contributed by atoms with Crippen molar-refractivity contribution in [1.82, 2.24) is 9.97 Å². The maximum atomic E-state index is 13.1. The number of anilines is 3. The predicted octanol–water partition coefficient (Wildman–Crippen LogP) is 5.68. The molecule has 0 saturated heterocycles. The van der Waals surface area contributed by atoms with Crippen molar-refractivity contribution in [2.24, 2.45) is 0 Å². The van der Waals surface area contributed by atoms with E-state index in [1.807, 2.05) is 73.7 Å². The molecule has 1 amide bonds. The summed E-state index contributed by atoms with van der Waals surface area (Å²) in [5, 5.41) is 16.8. The minimum atomic E-state index is -5.08. The highest BCUT2D eigenvalue weighted by atomic mass is 19.4. The Morgan fingerprint density at radius 2 is 1.55 bits per heavy atom. The Bertz CT molecular complexity index is 1160. The molecule has 4 N–H and O–H groups in total. The molecule has 204 valence electrons. The number of aryl methyl sites for hydroxylation is 1. The zero-order valence-corrected chi connectivity index (χ0v) is 21.4. The molecule has 11 heteroatoms. The average Bonchev–Trinajstić information content (AvgIpc) is 2.84. The van der Waals surface area contributed by atoms with Crippen LogP contribution in [0.1, 0.15) is 37.9 Å². The third-order valence-corrected chi connectivity index (χ3v) is 5.16. The maximum absolute atomic E-state index is 13.1. The molecule has 8 nitrogen and oxygen atoms in total. The molecule has 38 heavy (non-hydrogen) atoms. The zero-order chi connectivity index (χ0) is 28.1. The average molecular weight is 532 g/mol. The van der Waals surface area contributed by atoms with Gasteiger partial charge in [-0.25, -0.2) is 9.78 Å². The summed E-state index contributed by atoms with van der Waals surface area (Å²) in [4.78, 5) is 31.1. The molecule has 2 aromatic carbocycles. The second-order valence-corrected chi connectivity index (χ2v) is 8.60. The Hall–Kier alpha value is -4.15. The second kappa shape index (κ2) is 14.6. The van der Waals surface area contributed by atoms with Gasteiger partial charge < -0.3 is 21.1 Å². The molecule has 0 spiro atoms. The monoisotopic (exact) mass is 531 g/mol. The van der Waals surface area contributed by atoms with Gasteiger partial charge in [-0.1, -0.05) is 61.9 Å². The molecule has 0 aliphatic rings. The number of para-hydroxylation sites is 1. The summed E-state index contributed by atoms with van der Waals surface area (Å²) >= 11 is 0. The number of aromatic nitrogens is 2. The van der Waals surface area contributed by atoms with Gasteiger partial charge in [-0.15, -0.1) is 0 Å². The van der Waals surface area contributed by atoms with Crippen LogP contribution in [0.15, 0.2) is 66.7 Å². The number of hydrogen-bond donors (Lipinski definition) is 4. The van der Waals surface area contributed by atoms with Gasteiger partial charge >= 0.3 is 12.1 Å². The Kier molecular flexibility index (Phi) is 11.5.